The first-order valence-electron chi connectivity index (χ1n) is 9.01. The summed E-state index contributed by atoms with van der Waals surface area (Å²) in [6, 6.07) is 13.7. The molecule has 0 aliphatic carbocycles. The van der Waals surface area contributed by atoms with Gasteiger partial charge < -0.3 is 13.7 Å². The van der Waals surface area contributed by atoms with Crippen LogP contribution < -0.4 is 10.2 Å². The van der Waals surface area contributed by atoms with Gasteiger partial charge >= 0.3 is 0 Å². The van der Waals surface area contributed by atoms with Crippen LogP contribution in [0.4, 0.5) is 5.69 Å². The summed E-state index contributed by atoms with van der Waals surface area (Å²) in [6.45, 7) is 4.96. The maximum atomic E-state index is 5.50. The largest absolute Gasteiger partial charge is 0.497 e. The molecule has 144 valence electrons. The van der Waals surface area contributed by atoms with Crippen LogP contribution in [0.3, 0.4) is 0 Å². The van der Waals surface area contributed by atoms with Crippen molar-refractivity contribution in [3.8, 4) is 5.75 Å². The monoisotopic (exact) mass is 394 g/mol. The lowest BCUT2D eigenvalue weighted by molar-refractivity contribution is 0.415. The van der Waals surface area contributed by atoms with Crippen molar-refractivity contribution < 1.29 is 9.15 Å². The molecule has 0 unspecified atom stereocenters. The van der Waals surface area contributed by atoms with Crippen molar-refractivity contribution in [1.29, 1.82) is 0 Å². The molecule has 0 saturated heterocycles. The predicted molar refractivity (Wildman–Crippen MR) is 114 cm³/mol. The number of benzene rings is 1. The number of hydrogen-bond acceptors (Lipinski definition) is 5. The quantitative estimate of drug-likeness (QED) is 0.693. The van der Waals surface area contributed by atoms with Crippen LogP contribution in [0.5, 0.6) is 5.75 Å². The Morgan fingerprint density at radius 1 is 1.25 bits per heavy atom. The number of aliphatic imine (C=N–C) groups is 1. The van der Waals surface area contributed by atoms with E-state index in [1.807, 2.05) is 36.4 Å². The SMILES string of the molecule is COc1ccc(N=C2NN=C(c3cc(C)n(Cc4ccco4)c3C)CS2)cc1. The number of ether oxygens (including phenoxy) is 1. The van der Waals surface area contributed by atoms with Crippen molar-refractivity contribution in [3.05, 3.63) is 71.4 Å². The fourth-order valence-corrected chi connectivity index (χ4v) is 3.95. The first-order valence-corrected chi connectivity index (χ1v) is 10.00. The molecule has 4 rings (SSSR count). The normalized spacial score (nSPS) is 15.4. The molecule has 0 fully saturated rings. The summed E-state index contributed by atoms with van der Waals surface area (Å²) < 4.78 is 12.9. The van der Waals surface area contributed by atoms with Gasteiger partial charge in [0.2, 0.25) is 0 Å². The summed E-state index contributed by atoms with van der Waals surface area (Å²) in [7, 11) is 1.65. The van der Waals surface area contributed by atoms with Gasteiger partial charge in [0, 0.05) is 22.7 Å². The molecule has 2 aromatic heterocycles. The third-order valence-corrected chi connectivity index (χ3v) is 5.59. The summed E-state index contributed by atoms with van der Waals surface area (Å²) in [5.41, 5.74) is 8.52. The summed E-state index contributed by atoms with van der Waals surface area (Å²) >= 11 is 1.65. The fraction of sp³-hybridized carbons (Fsp3) is 0.238. The minimum absolute atomic E-state index is 0.725. The fourth-order valence-electron chi connectivity index (χ4n) is 3.18. The average Bonchev–Trinajstić information content (AvgIpc) is 3.33. The lowest BCUT2D eigenvalue weighted by Gasteiger charge is -2.15. The van der Waals surface area contributed by atoms with Gasteiger partial charge in [-0.15, -0.1) is 0 Å². The maximum absolute atomic E-state index is 5.50. The van der Waals surface area contributed by atoms with Crippen molar-refractivity contribution in [2.45, 2.75) is 20.4 Å². The van der Waals surface area contributed by atoms with Gasteiger partial charge in [0.1, 0.15) is 11.5 Å². The third kappa shape index (κ3) is 3.84. The number of nitrogens with zero attached hydrogens (tertiary/aromatic N) is 3. The van der Waals surface area contributed by atoms with E-state index in [0.29, 0.717) is 0 Å². The van der Waals surface area contributed by atoms with Crippen LogP contribution in [0, 0.1) is 13.8 Å². The molecule has 1 aliphatic heterocycles. The summed E-state index contributed by atoms with van der Waals surface area (Å²) in [5, 5.41) is 5.37. The van der Waals surface area contributed by atoms with Crippen LogP contribution >= 0.6 is 11.8 Å². The zero-order chi connectivity index (χ0) is 19.5. The van der Waals surface area contributed by atoms with Gasteiger partial charge in [-0.1, -0.05) is 11.8 Å². The molecule has 1 N–H and O–H groups in total. The third-order valence-electron chi connectivity index (χ3n) is 4.71. The van der Waals surface area contributed by atoms with Crippen LogP contribution in [-0.2, 0) is 6.54 Å². The van der Waals surface area contributed by atoms with Gasteiger partial charge in [0.25, 0.3) is 0 Å². The number of thioether (sulfide) groups is 1. The zero-order valence-electron chi connectivity index (χ0n) is 16.1. The molecule has 1 aliphatic rings. The van der Waals surface area contributed by atoms with Gasteiger partial charge in [-0.2, -0.15) is 5.10 Å². The standard InChI is InChI=1S/C21H22N4O2S/c1-14-11-19(15(2)25(14)12-18-5-4-10-27-18)20-13-28-21(24-23-20)22-16-6-8-17(26-3)9-7-16/h4-11H,12-13H2,1-3H3,(H,22,24). The molecule has 3 aromatic rings. The lowest BCUT2D eigenvalue weighted by atomic mass is 10.1. The van der Waals surface area contributed by atoms with Crippen LogP contribution in [0.15, 0.2) is 63.2 Å². The minimum Gasteiger partial charge on any atom is -0.497 e. The Bertz CT molecular complexity index is 1020. The van der Waals surface area contributed by atoms with E-state index in [2.05, 4.69) is 40.0 Å². The van der Waals surface area contributed by atoms with E-state index in [9.17, 15) is 0 Å². The second kappa shape index (κ2) is 7.98. The Balaban J connectivity index is 1.51. The molecule has 0 atom stereocenters. The first-order chi connectivity index (χ1) is 13.6. The van der Waals surface area contributed by atoms with Crippen LogP contribution in [0.1, 0.15) is 22.7 Å². The molecule has 0 amide bonds. The van der Waals surface area contributed by atoms with Crippen molar-refractivity contribution in [2.75, 3.05) is 12.9 Å². The molecular formula is C21H22N4O2S. The number of rotatable bonds is 5. The number of hydrazone groups is 1. The van der Waals surface area contributed by atoms with Gasteiger partial charge in [0.05, 0.1) is 31.3 Å². The molecular weight excluding hydrogens is 372 g/mol. The molecule has 0 radical (unpaired) electrons. The van der Waals surface area contributed by atoms with Crippen LogP contribution in [0.25, 0.3) is 0 Å². The first kappa shape index (κ1) is 18.4. The number of furan rings is 1. The van der Waals surface area contributed by atoms with Crippen molar-refractivity contribution >= 4 is 28.3 Å². The highest BCUT2D eigenvalue weighted by Crippen LogP contribution is 2.24. The predicted octanol–water partition coefficient (Wildman–Crippen LogP) is 4.48. The number of methoxy groups -OCH3 is 1. The molecule has 0 saturated carbocycles. The van der Waals surface area contributed by atoms with E-state index in [4.69, 9.17) is 9.15 Å². The van der Waals surface area contributed by atoms with Gasteiger partial charge in [-0.25, -0.2) is 4.99 Å². The molecule has 0 bridgehead atoms. The number of hydrogen-bond donors (Lipinski definition) is 1. The topological polar surface area (TPSA) is 64.0 Å². The average molecular weight is 395 g/mol. The highest BCUT2D eigenvalue weighted by Gasteiger charge is 2.19. The number of amidine groups is 1. The van der Waals surface area contributed by atoms with E-state index in [-0.39, 0.29) is 0 Å². The van der Waals surface area contributed by atoms with Crippen LogP contribution in [0.2, 0.25) is 0 Å². The van der Waals surface area contributed by atoms with Crippen molar-refractivity contribution in [2.24, 2.45) is 10.1 Å². The van der Waals surface area contributed by atoms with E-state index in [1.165, 1.54) is 11.4 Å². The summed E-state index contributed by atoms with van der Waals surface area (Å²) in [5.74, 6) is 2.53. The minimum atomic E-state index is 0.725. The van der Waals surface area contributed by atoms with Crippen molar-refractivity contribution in [3.63, 3.8) is 0 Å². The molecule has 1 aromatic carbocycles. The van der Waals surface area contributed by atoms with Gasteiger partial charge in [-0.05, 0) is 56.3 Å². The molecule has 7 heteroatoms. The smallest absolute Gasteiger partial charge is 0.182 e. The summed E-state index contributed by atoms with van der Waals surface area (Å²) in [6.07, 6.45) is 1.71. The van der Waals surface area contributed by atoms with E-state index in [1.54, 1.807) is 25.1 Å². The Morgan fingerprint density at radius 2 is 2.07 bits per heavy atom. The van der Waals surface area contributed by atoms with E-state index >= 15 is 0 Å². The van der Waals surface area contributed by atoms with Gasteiger partial charge in [0.15, 0.2) is 5.17 Å². The van der Waals surface area contributed by atoms with E-state index in [0.717, 1.165) is 45.9 Å². The molecule has 0 spiro atoms. The number of aromatic nitrogens is 1. The Hall–Kier alpha value is -2.93. The molecule has 3 heterocycles. The highest BCUT2D eigenvalue weighted by atomic mass is 32.2. The Morgan fingerprint density at radius 3 is 2.71 bits per heavy atom. The van der Waals surface area contributed by atoms with Gasteiger partial charge in [-0.3, -0.25) is 5.43 Å². The molecule has 6 nitrogen and oxygen atoms in total. The second-order valence-corrected chi connectivity index (χ2v) is 7.49. The second-order valence-electron chi connectivity index (χ2n) is 6.52. The summed E-state index contributed by atoms with van der Waals surface area (Å²) in [4.78, 5) is 4.60. The maximum Gasteiger partial charge on any atom is 0.182 e. The zero-order valence-corrected chi connectivity index (χ0v) is 16.9. The Labute approximate surface area is 168 Å². The number of nitrogens with one attached hydrogen (secondary N) is 1. The Kier molecular flexibility index (Phi) is 5.25. The molecule has 28 heavy (non-hydrogen) atoms. The lowest BCUT2D eigenvalue weighted by Crippen LogP contribution is -2.25. The van der Waals surface area contributed by atoms with Crippen LogP contribution in [-0.4, -0.2) is 28.3 Å². The van der Waals surface area contributed by atoms with Crippen molar-refractivity contribution in [1.82, 2.24) is 9.99 Å². The number of aryl methyl sites for hydroxylation is 1. The van der Waals surface area contributed by atoms with E-state index < -0.39 is 0 Å². The highest BCUT2D eigenvalue weighted by molar-refractivity contribution is 8.14.